The first kappa shape index (κ1) is 20.5. The van der Waals surface area contributed by atoms with Gasteiger partial charge in [-0.1, -0.05) is 12.1 Å². The second kappa shape index (κ2) is 8.87. The van der Waals surface area contributed by atoms with E-state index in [2.05, 4.69) is 38.5 Å². The molecule has 0 aliphatic carbocycles. The Kier molecular flexibility index (Phi) is 6.51. The molecule has 8 nitrogen and oxygen atoms in total. The van der Waals surface area contributed by atoms with Gasteiger partial charge < -0.3 is 4.52 Å². The number of carbonyl (C=O) groups excluding carboxylic acids is 1. The molecule has 28 heavy (non-hydrogen) atoms. The smallest absolute Gasteiger partial charge is 0.243 e. The third-order valence-electron chi connectivity index (χ3n) is 5.77. The molecule has 0 aromatic carbocycles. The summed E-state index contributed by atoms with van der Waals surface area (Å²) >= 11 is 0. The van der Waals surface area contributed by atoms with E-state index in [1.165, 1.54) is 12.0 Å². The summed E-state index contributed by atoms with van der Waals surface area (Å²) in [7, 11) is 3.97. The molecule has 8 heteroatoms. The van der Waals surface area contributed by atoms with Crippen LogP contribution in [0.25, 0.3) is 0 Å². The van der Waals surface area contributed by atoms with Crippen LogP contribution in [0.4, 0.5) is 5.88 Å². The molecule has 0 bridgehead atoms. The standard InChI is InChI=1S/C20H32N6O2/c1-6-26-9-7-8-16(19(26)17-11-21-25(5)13-17)12-24(4)15(3)20(27)22-18-10-14(2)23-28-18/h10-11,13,15-16,19H,6-9,12H2,1-5H3,(H,22,27)/t15-,16+,19-/m1/s1. The molecule has 1 amide bonds. The fourth-order valence-electron chi connectivity index (χ4n) is 4.15. The first-order valence-corrected chi connectivity index (χ1v) is 10.1. The van der Waals surface area contributed by atoms with E-state index in [0.29, 0.717) is 17.8 Å². The number of aryl methyl sites for hydroxylation is 2. The van der Waals surface area contributed by atoms with Gasteiger partial charge in [-0.25, -0.2) is 0 Å². The van der Waals surface area contributed by atoms with E-state index in [1.54, 1.807) is 6.07 Å². The van der Waals surface area contributed by atoms with Gasteiger partial charge in [0, 0.05) is 37.5 Å². The zero-order chi connectivity index (χ0) is 20.3. The number of hydrogen-bond donors (Lipinski definition) is 1. The number of carbonyl (C=O) groups is 1. The lowest BCUT2D eigenvalue weighted by molar-refractivity contribution is -0.120. The molecule has 1 saturated heterocycles. The minimum absolute atomic E-state index is 0.0836. The normalized spacial score (nSPS) is 21.8. The summed E-state index contributed by atoms with van der Waals surface area (Å²) in [5.41, 5.74) is 2.01. The van der Waals surface area contributed by atoms with Crippen LogP contribution in [0.5, 0.6) is 0 Å². The Balaban J connectivity index is 1.67. The molecule has 0 spiro atoms. The average molecular weight is 389 g/mol. The van der Waals surface area contributed by atoms with Crippen LogP contribution in [0.2, 0.25) is 0 Å². The molecule has 1 aliphatic rings. The van der Waals surface area contributed by atoms with E-state index >= 15 is 0 Å². The SMILES string of the molecule is CCN1CCC[C@@H](CN(C)[C@H](C)C(=O)Nc2cc(C)no2)[C@@H]1c1cnn(C)c1. The number of amides is 1. The van der Waals surface area contributed by atoms with Crippen LogP contribution in [-0.2, 0) is 11.8 Å². The zero-order valence-corrected chi connectivity index (χ0v) is 17.6. The van der Waals surface area contributed by atoms with E-state index in [4.69, 9.17) is 4.52 Å². The average Bonchev–Trinajstić information content (AvgIpc) is 3.28. The van der Waals surface area contributed by atoms with Gasteiger partial charge in [-0.2, -0.15) is 5.10 Å². The van der Waals surface area contributed by atoms with Crippen LogP contribution in [0.15, 0.2) is 23.0 Å². The first-order chi connectivity index (χ1) is 13.4. The molecule has 1 aliphatic heterocycles. The summed E-state index contributed by atoms with van der Waals surface area (Å²) in [4.78, 5) is 17.3. The van der Waals surface area contributed by atoms with Crippen LogP contribution in [0.3, 0.4) is 0 Å². The third kappa shape index (κ3) is 4.62. The van der Waals surface area contributed by atoms with Crippen molar-refractivity contribution in [3.63, 3.8) is 0 Å². The van der Waals surface area contributed by atoms with Crippen molar-refractivity contribution in [2.24, 2.45) is 13.0 Å². The molecule has 1 N–H and O–H groups in total. The number of rotatable bonds is 7. The van der Waals surface area contributed by atoms with Crippen molar-refractivity contribution >= 4 is 11.8 Å². The van der Waals surface area contributed by atoms with Gasteiger partial charge in [0.1, 0.15) is 0 Å². The molecule has 0 saturated carbocycles. The number of piperidine rings is 1. The number of nitrogens with zero attached hydrogens (tertiary/aromatic N) is 5. The third-order valence-corrected chi connectivity index (χ3v) is 5.77. The van der Waals surface area contributed by atoms with E-state index in [1.807, 2.05) is 38.8 Å². The summed E-state index contributed by atoms with van der Waals surface area (Å²) in [5.74, 6) is 0.760. The van der Waals surface area contributed by atoms with Gasteiger partial charge in [0.15, 0.2) is 0 Å². The maximum atomic E-state index is 12.6. The fourth-order valence-corrected chi connectivity index (χ4v) is 4.15. The van der Waals surface area contributed by atoms with Crippen LogP contribution in [-0.4, -0.2) is 63.4 Å². The number of aromatic nitrogens is 3. The zero-order valence-electron chi connectivity index (χ0n) is 17.6. The summed E-state index contributed by atoms with van der Waals surface area (Å²) in [6, 6.07) is 1.79. The molecular formula is C20H32N6O2. The van der Waals surface area contributed by atoms with Crippen molar-refractivity contribution in [2.75, 3.05) is 32.0 Å². The Morgan fingerprint density at radius 1 is 1.50 bits per heavy atom. The number of likely N-dealkylation sites (tertiary alicyclic amines) is 1. The Labute approximate surface area is 166 Å². The maximum absolute atomic E-state index is 12.6. The van der Waals surface area contributed by atoms with Crippen molar-refractivity contribution in [3.8, 4) is 0 Å². The van der Waals surface area contributed by atoms with E-state index < -0.39 is 0 Å². The summed E-state index contributed by atoms with van der Waals surface area (Å²) in [5, 5.41) is 11.0. The van der Waals surface area contributed by atoms with Gasteiger partial charge in [-0.05, 0) is 52.7 Å². The predicted octanol–water partition coefficient (Wildman–Crippen LogP) is 2.45. The summed E-state index contributed by atoms with van der Waals surface area (Å²) in [6.45, 7) is 8.94. The number of anilines is 1. The number of nitrogens with one attached hydrogen (secondary N) is 1. The van der Waals surface area contributed by atoms with E-state index in [0.717, 1.165) is 31.7 Å². The molecule has 1 fully saturated rings. The molecule has 0 radical (unpaired) electrons. The molecule has 3 rings (SSSR count). The fraction of sp³-hybridized carbons (Fsp3) is 0.650. The molecule has 2 aromatic heterocycles. The van der Waals surface area contributed by atoms with Crippen molar-refractivity contribution in [1.29, 1.82) is 0 Å². The lowest BCUT2D eigenvalue weighted by atomic mass is 9.85. The lowest BCUT2D eigenvalue weighted by Crippen LogP contribution is -2.47. The Morgan fingerprint density at radius 2 is 2.29 bits per heavy atom. The lowest BCUT2D eigenvalue weighted by Gasteiger charge is -2.42. The van der Waals surface area contributed by atoms with Crippen LogP contribution < -0.4 is 5.32 Å². The van der Waals surface area contributed by atoms with Crippen molar-refractivity contribution in [3.05, 3.63) is 29.7 Å². The van der Waals surface area contributed by atoms with Gasteiger partial charge in [0.25, 0.3) is 0 Å². The van der Waals surface area contributed by atoms with E-state index in [-0.39, 0.29) is 11.9 Å². The first-order valence-electron chi connectivity index (χ1n) is 10.1. The Hall–Kier alpha value is -2.19. The molecule has 2 aromatic rings. The second-order valence-electron chi connectivity index (χ2n) is 7.86. The molecule has 3 heterocycles. The topological polar surface area (TPSA) is 79.4 Å². The minimum atomic E-state index is -0.267. The van der Waals surface area contributed by atoms with Crippen molar-refractivity contribution < 1.29 is 9.32 Å². The van der Waals surface area contributed by atoms with E-state index in [9.17, 15) is 4.79 Å². The van der Waals surface area contributed by atoms with Gasteiger partial charge in [-0.15, -0.1) is 0 Å². The summed E-state index contributed by atoms with van der Waals surface area (Å²) in [6.07, 6.45) is 6.43. The minimum Gasteiger partial charge on any atom is -0.338 e. The van der Waals surface area contributed by atoms with Gasteiger partial charge >= 0.3 is 0 Å². The predicted molar refractivity (Wildman–Crippen MR) is 108 cm³/mol. The number of hydrogen-bond acceptors (Lipinski definition) is 6. The second-order valence-corrected chi connectivity index (χ2v) is 7.86. The Morgan fingerprint density at radius 3 is 2.89 bits per heavy atom. The molecule has 0 unspecified atom stereocenters. The quantitative estimate of drug-likeness (QED) is 0.785. The highest BCUT2D eigenvalue weighted by molar-refractivity contribution is 5.93. The van der Waals surface area contributed by atoms with Crippen LogP contribution in [0, 0.1) is 12.8 Å². The monoisotopic (exact) mass is 388 g/mol. The van der Waals surface area contributed by atoms with Gasteiger partial charge in [0.05, 0.1) is 17.9 Å². The highest BCUT2D eigenvalue weighted by Crippen LogP contribution is 2.36. The van der Waals surface area contributed by atoms with Gasteiger partial charge in [-0.3, -0.25) is 24.6 Å². The molecule has 3 atom stereocenters. The summed E-state index contributed by atoms with van der Waals surface area (Å²) < 4.78 is 6.97. The highest BCUT2D eigenvalue weighted by Gasteiger charge is 2.34. The van der Waals surface area contributed by atoms with Gasteiger partial charge in [0.2, 0.25) is 11.8 Å². The van der Waals surface area contributed by atoms with Crippen molar-refractivity contribution in [2.45, 2.75) is 45.7 Å². The van der Waals surface area contributed by atoms with Crippen LogP contribution >= 0.6 is 0 Å². The Bertz CT molecular complexity index is 785. The highest BCUT2D eigenvalue weighted by atomic mass is 16.5. The maximum Gasteiger partial charge on any atom is 0.243 e. The molecular weight excluding hydrogens is 356 g/mol. The largest absolute Gasteiger partial charge is 0.338 e. The van der Waals surface area contributed by atoms with Crippen molar-refractivity contribution in [1.82, 2.24) is 24.7 Å². The van der Waals surface area contributed by atoms with Crippen LogP contribution in [0.1, 0.15) is 44.0 Å². The molecule has 154 valence electrons. The number of likely N-dealkylation sites (N-methyl/N-ethyl adjacent to an activating group) is 1.